The average molecular weight is 336 g/mol. The Kier molecular flexibility index (Phi) is 6.85. The second-order valence-corrected chi connectivity index (χ2v) is 5.85. The van der Waals surface area contributed by atoms with Crippen LogP contribution in [0, 0.1) is 13.8 Å². The molecule has 0 aliphatic carbocycles. The third kappa shape index (κ3) is 4.15. The molecule has 1 amide bonds. The first kappa shape index (κ1) is 19.3. The van der Waals surface area contributed by atoms with Gasteiger partial charge in [0.05, 0.1) is 11.6 Å². The molecular formula is C18H26ClN3O. The molecule has 2 aromatic rings. The summed E-state index contributed by atoms with van der Waals surface area (Å²) in [5, 5.41) is 2.93. The minimum absolute atomic E-state index is 0. The topological polar surface area (TPSA) is 60.1 Å². The molecule has 126 valence electrons. The molecule has 1 heterocycles. The number of nitrogens with two attached hydrogens (primary N) is 1. The number of rotatable bonds is 5. The molecule has 0 aliphatic heterocycles. The van der Waals surface area contributed by atoms with Crippen molar-refractivity contribution in [3.8, 4) is 0 Å². The van der Waals surface area contributed by atoms with Gasteiger partial charge in [0.2, 0.25) is 0 Å². The maximum Gasteiger partial charge on any atom is 0.253 e. The van der Waals surface area contributed by atoms with E-state index in [2.05, 4.69) is 28.9 Å². The Labute approximate surface area is 144 Å². The van der Waals surface area contributed by atoms with Crippen LogP contribution in [0.2, 0.25) is 0 Å². The van der Waals surface area contributed by atoms with E-state index in [0.717, 1.165) is 17.0 Å². The molecular weight excluding hydrogens is 310 g/mol. The minimum Gasteiger partial charge on any atom is -0.348 e. The van der Waals surface area contributed by atoms with E-state index >= 15 is 0 Å². The largest absolute Gasteiger partial charge is 0.348 e. The molecule has 0 fully saturated rings. The van der Waals surface area contributed by atoms with Crippen molar-refractivity contribution in [3.63, 3.8) is 0 Å². The lowest BCUT2D eigenvalue weighted by atomic mass is 10.1. The van der Waals surface area contributed by atoms with Crippen LogP contribution >= 0.6 is 12.4 Å². The number of hydrogen-bond donors (Lipinski definition) is 2. The molecule has 1 unspecified atom stereocenters. The molecule has 0 saturated heterocycles. The Bertz CT molecular complexity index is 652. The van der Waals surface area contributed by atoms with E-state index in [0.29, 0.717) is 6.54 Å². The van der Waals surface area contributed by atoms with Crippen molar-refractivity contribution in [3.05, 3.63) is 58.9 Å². The third-order valence-corrected chi connectivity index (χ3v) is 4.13. The number of aryl methyl sites for hydroxylation is 1. The minimum atomic E-state index is -0.0578. The number of nitrogens with zero attached hydrogens (tertiary/aromatic N) is 1. The van der Waals surface area contributed by atoms with Crippen molar-refractivity contribution >= 4 is 18.3 Å². The van der Waals surface area contributed by atoms with E-state index in [4.69, 9.17) is 5.73 Å². The highest BCUT2D eigenvalue weighted by Gasteiger charge is 2.20. The molecule has 1 aromatic heterocycles. The first-order valence-electron chi connectivity index (χ1n) is 7.70. The Hall–Kier alpha value is -1.78. The molecule has 4 nitrogen and oxygen atoms in total. The fourth-order valence-electron chi connectivity index (χ4n) is 2.84. The molecule has 0 aliphatic rings. The quantitative estimate of drug-likeness (QED) is 0.881. The fourth-order valence-corrected chi connectivity index (χ4v) is 2.84. The number of halogens is 1. The number of hydrogen-bond acceptors (Lipinski definition) is 2. The molecule has 0 bridgehead atoms. The van der Waals surface area contributed by atoms with Gasteiger partial charge in [0.1, 0.15) is 0 Å². The van der Waals surface area contributed by atoms with Gasteiger partial charge >= 0.3 is 0 Å². The van der Waals surface area contributed by atoms with Gasteiger partial charge in [-0.3, -0.25) is 4.79 Å². The number of carbonyl (C=O) groups is 1. The van der Waals surface area contributed by atoms with Gasteiger partial charge < -0.3 is 15.6 Å². The van der Waals surface area contributed by atoms with Gasteiger partial charge in [-0.05, 0) is 39.3 Å². The van der Waals surface area contributed by atoms with Crippen LogP contribution in [0.15, 0.2) is 36.4 Å². The lowest BCUT2D eigenvalue weighted by molar-refractivity contribution is 0.0940. The standard InChI is InChI=1S/C18H25N3O.ClH/c1-12(11-19)20-18(22)17-10-13(2)21(15(17)4)14(3)16-8-6-5-7-9-16;/h5-10,12,14H,11,19H2,1-4H3,(H,20,22);1H/t12-,14?;/m0./s1. The Morgan fingerprint density at radius 1 is 1.22 bits per heavy atom. The second-order valence-electron chi connectivity index (χ2n) is 5.85. The fraction of sp³-hybridized carbons (Fsp3) is 0.389. The van der Waals surface area contributed by atoms with Crippen LogP contribution in [0.25, 0.3) is 0 Å². The van der Waals surface area contributed by atoms with Crippen molar-refractivity contribution in [1.29, 1.82) is 0 Å². The first-order valence-corrected chi connectivity index (χ1v) is 7.70. The van der Waals surface area contributed by atoms with Gasteiger partial charge in [-0.25, -0.2) is 0 Å². The van der Waals surface area contributed by atoms with Crippen molar-refractivity contribution in [1.82, 2.24) is 9.88 Å². The number of aromatic nitrogens is 1. The predicted molar refractivity (Wildman–Crippen MR) is 97.4 cm³/mol. The second kappa shape index (κ2) is 8.18. The van der Waals surface area contributed by atoms with Gasteiger partial charge in [0.25, 0.3) is 5.91 Å². The highest BCUT2D eigenvalue weighted by atomic mass is 35.5. The van der Waals surface area contributed by atoms with Crippen LogP contribution in [0.4, 0.5) is 0 Å². The maximum absolute atomic E-state index is 12.4. The third-order valence-electron chi connectivity index (χ3n) is 4.13. The van der Waals surface area contributed by atoms with E-state index in [9.17, 15) is 4.79 Å². The SMILES string of the molecule is Cc1cc(C(=O)N[C@@H](C)CN)c(C)n1C(C)c1ccccc1.Cl. The van der Waals surface area contributed by atoms with E-state index in [1.54, 1.807) is 0 Å². The van der Waals surface area contributed by atoms with E-state index in [1.807, 2.05) is 45.0 Å². The van der Waals surface area contributed by atoms with Gasteiger partial charge in [-0.2, -0.15) is 0 Å². The van der Waals surface area contributed by atoms with Crippen molar-refractivity contribution in [2.24, 2.45) is 5.73 Å². The lowest BCUT2D eigenvalue weighted by Gasteiger charge is -2.19. The monoisotopic (exact) mass is 335 g/mol. The number of benzene rings is 1. The molecule has 0 spiro atoms. The number of carbonyl (C=O) groups excluding carboxylic acids is 1. The summed E-state index contributed by atoms with van der Waals surface area (Å²) in [5.41, 5.74) is 9.59. The van der Waals surface area contributed by atoms with Gasteiger partial charge in [-0.15, -0.1) is 12.4 Å². The van der Waals surface area contributed by atoms with E-state index in [1.165, 1.54) is 5.56 Å². The summed E-state index contributed by atoms with van der Waals surface area (Å²) in [7, 11) is 0. The molecule has 3 N–H and O–H groups in total. The van der Waals surface area contributed by atoms with Crippen molar-refractivity contribution < 1.29 is 4.79 Å². The normalized spacial score (nSPS) is 13.1. The molecule has 2 rings (SSSR count). The first-order chi connectivity index (χ1) is 10.5. The Morgan fingerprint density at radius 3 is 2.39 bits per heavy atom. The van der Waals surface area contributed by atoms with Crippen LogP contribution in [0.5, 0.6) is 0 Å². The summed E-state index contributed by atoms with van der Waals surface area (Å²) >= 11 is 0. The zero-order valence-electron chi connectivity index (χ0n) is 14.2. The van der Waals surface area contributed by atoms with Crippen LogP contribution in [0.3, 0.4) is 0 Å². The van der Waals surface area contributed by atoms with Gasteiger partial charge in [-0.1, -0.05) is 30.3 Å². The van der Waals surface area contributed by atoms with E-state index in [-0.39, 0.29) is 30.4 Å². The van der Waals surface area contributed by atoms with Gasteiger partial charge in [0.15, 0.2) is 0 Å². The summed E-state index contributed by atoms with van der Waals surface area (Å²) in [5.74, 6) is -0.0578. The van der Waals surface area contributed by atoms with E-state index < -0.39 is 0 Å². The molecule has 0 radical (unpaired) electrons. The van der Waals surface area contributed by atoms with Crippen molar-refractivity contribution in [2.75, 3.05) is 6.54 Å². The average Bonchev–Trinajstić information content (AvgIpc) is 2.82. The zero-order valence-corrected chi connectivity index (χ0v) is 15.0. The summed E-state index contributed by atoms with van der Waals surface area (Å²) in [6, 6.07) is 12.4. The predicted octanol–water partition coefficient (Wildman–Crippen LogP) is 3.21. The Balaban J connectivity index is 0.00000264. The maximum atomic E-state index is 12.4. The summed E-state index contributed by atoms with van der Waals surface area (Å²) in [6.07, 6.45) is 0. The van der Waals surface area contributed by atoms with Crippen LogP contribution in [-0.4, -0.2) is 23.1 Å². The highest BCUT2D eigenvalue weighted by Crippen LogP contribution is 2.25. The lowest BCUT2D eigenvalue weighted by Crippen LogP contribution is -2.38. The summed E-state index contributed by atoms with van der Waals surface area (Å²) < 4.78 is 2.21. The Morgan fingerprint density at radius 2 is 1.83 bits per heavy atom. The zero-order chi connectivity index (χ0) is 16.3. The summed E-state index contributed by atoms with van der Waals surface area (Å²) in [4.78, 5) is 12.4. The molecule has 23 heavy (non-hydrogen) atoms. The molecule has 1 aromatic carbocycles. The van der Waals surface area contributed by atoms with Crippen LogP contribution in [-0.2, 0) is 0 Å². The number of nitrogens with one attached hydrogen (secondary N) is 1. The van der Waals surface area contributed by atoms with Gasteiger partial charge in [0, 0.05) is 24.0 Å². The molecule has 2 atom stereocenters. The van der Waals surface area contributed by atoms with Crippen LogP contribution < -0.4 is 11.1 Å². The van der Waals surface area contributed by atoms with Crippen LogP contribution in [0.1, 0.15) is 47.2 Å². The summed E-state index contributed by atoms with van der Waals surface area (Å²) in [6.45, 7) is 8.53. The number of amides is 1. The van der Waals surface area contributed by atoms with Crippen molar-refractivity contribution in [2.45, 2.75) is 39.8 Å². The molecule has 5 heteroatoms. The smallest absolute Gasteiger partial charge is 0.253 e. The molecule has 0 saturated carbocycles. The highest BCUT2D eigenvalue weighted by molar-refractivity contribution is 5.95.